The van der Waals surface area contributed by atoms with E-state index in [1.54, 1.807) is 30.3 Å². The zero-order chi connectivity index (χ0) is 28.1. The predicted octanol–water partition coefficient (Wildman–Crippen LogP) is 2.01. The molecular formula is C25H25FN8O5. The summed E-state index contributed by atoms with van der Waals surface area (Å²) in [5.41, 5.74) is 6.69. The fraction of sp³-hybridized carbons (Fsp3) is 0.200. The first-order valence-corrected chi connectivity index (χ1v) is 11.6. The highest BCUT2D eigenvalue weighted by atomic mass is 19.1. The van der Waals surface area contributed by atoms with E-state index in [4.69, 9.17) is 30.5 Å². The molecule has 0 radical (unpaired) electrons. The molecule has 0 bridgehead atoms. The van der Waals surface area contributed by atoms with Gasteiger partial charge in [-0.25, -0.2) is 19.2 Å². The number of nitrogens with one attached hydrogen (secondary N) is 3. The highest BCUT2D eigenvalue weighted by Crippen LogP contribution is 2.42. The van der Waals surface area contributed by atoms with E-state index >= 15 is 4.39 Å². The molecule has 2 aromatic heterocycles. The molecule has 1 aliphatic heterocycles. The number of nitrogens with two attached hydrogens (primary N) is 1. The number of aliphatic carboxylic acids is 1. The molecule has 0 saturated heterocycles. The van der Waals surface area contributed by atoms with Crippen molar-refractivity contribution in [3.8, 4) is 17.4 Å². The number of ether oxygens (including phenoxy) is 2. The number of halogens is 1. The van der Waals surface area contributed by atoms with Crippen molar-refractivity contribution in [1.29, 1.82) is 5.41 Å². The van der Waals surface area contributed by atoms with Crippen LogP contribution in [0.3, 0.4) is 0 Å². The minimum Gasteiger partial charge on any atom is -0.493 e. The Kier molecular flexibility index (Phi) is 7.84. The summed E-state index contributed by atoms with van der Waals surface area (Å²) in [4.78, 5) is 32.5. The average Bonchev–Trinajstić information content (AvgIpc) is 3.56. The first-order chi connectivity index (χ1) is 18.7. The molecule has 0 aliphatic carbocycles. The third-order valence-corrected chi connectivity index (χ3v) is 5.59. The number of aromatic nitrogens is 5. The van der Waals surface area contributed by atoms with Crippen LogP contribution in [0.4, 0.5) is 10.1 Å². The minimum absolute atomic E-state index is 0.0740. The number of carboxylic acid groups (broad SMARTS) is 1. The topological polar surface area (TPSA) is 194 Å². The Hall–Kier alpha value is -5.27. The van der Waals surface area contributed by atoms with Crippen molar-refractivity contribution in [2.24, 2.45) is 5.73 Å². The molecule has 0 amide bonds. The largest absolute Gasteiger partial charge is 0.493 e. The van der Waals surface area contributed by atoms with Gasteiger partial charge in [0.05, 0.1) is 13.7 Å². The number of aromatic amines is 1. The number of methoxy groups -OCH3 is 1. The van der Waals surface area contributed by atoms with E-state index in [0.717, 1.165) is 11.6 Å². The zero-order valence-electron chi connectivity index (χ0n) is 20.9. The highest BCUT2D eigenvalue weighted by Gasteiger charge is 2.31. The summed E-state index contributed by atoms with van der Waals surface area (Å²) in [7, 11) is 1.48. The smallest absolute Gasteiger partial charge is 0.350 e. The maximum absolute atomic E-state index is 15.8. The van der Waals surface area contributed by atoms with Gasteiger partial charge in [-0.1, -0.05) is 0 Å². The van der Waals surface area contributed by atoms with Gasteiger partial charge < -0.3 is 25.6 Å². The number of benzene rings is 2. The molecule has 5 rings (SSSR count). The average molecular weight is 537 g/mol. The lowest BCUT2D eigenvalue weighted by Gasteiger charge is -2.21. The number of hydrogen-bond acceptors (Lipinski definition) is 9. The van der Waals surface area contributed by atoms with E-state index in [9.17, 15) is 4.79 Å². The Bertz CT molecular complexity index is 1550. The van der Waals surface area contributed by atoms with Crippen LogP contribution in [-0.2, 0) is 11.2 Å². The number of nitrogens with zero attached hydrogens (tertiary/aromatic N) is 4. The third kappa shape index (κ3) is 5.84. The molecular weight excluding hydrogens is 511 g/mol. The van der Waals surface area contributed by atoms with Crippen LogP contribution in [0.1, 0.15) is 35.5 Å². The molecule has 1 aliphatic rings. The van der Waals surface area contributed by atoms with Crippen LogP contribution in [0, 0.1) is 11.2 Å². The molecule has 202 valence electrons. The highest BCUT2D eigenvalue weighted by molar-refractivity contribution is 5.95. The number of hydrogen-bond donors (Lipinski definition) is 5. The molecule has 2 aromatic carbocycles. The number of amidine groups is 1. The molecule has 14 heteroatoms. The molecule has 0 unspecified atom stereocenters. The van der Waals surface area contributed by atoms with Gasteiger partial charge in [-0.05, 0) is 36.4 Å². The van der Waals surface area contributed by atoms with Gasteiger partial charge in [-0.3, -0.25) is 15.2 Å². The van der Waals surface area contributed by atoms with Gasteiger partial charge in [0.15, 0.2) is 17.3 Å². The number of rotatable bonds is 7. The molecule has 4 aromatic rings. The number of carboxylic acids is 1. The predicted molar refractivity (Wildman–Crippen MR) is 138 cm³/mol. The van der Waals surface area contributed by atoms with Crippen molar-refractivity contribution in [1.82, 2.24) is 24.7 Å². The summed E-state index contributed by atoms with van der Waals surface area (Å²) in [5.74, 6) is -0.436. The van der Waals surface area contributed by atoms with Gasteiger partial charge >= 0.3 is 5.69 Å². The van der Waals surface area contributed by atoms with Crippen LogP contribution in [-0.4, -0.2) is 55.4 Å². The Morgan fingerprint density at radius 2 is 1.97 bits per heavy atom. The van der Waals surface area contributed by atoms with Crippen molar-refractivity contribution in [2.75, 3.05) is 19.0 Å². The van der Waals surface area contributed by atoms with E-state index < -0.39 is 23.5 Å². The Morgan fingerprint density at radius 1 is 1.31 bits per heavy atom. The maximum atomic E-state index is 15.8. The summed E-state index contributed by atoms with van der Waals surface area (Å²) in [6.07, 6.45) is 3.36. The summed E-state index contributed by atoms with van der Waals surface area (Å²) in [6.45, 7) is 1.42. The van der Waals surface area contributed by atoms with E-state index in [0.29, 0.717) is 41.3 Å². The summed E-state index contributed by atoms with van der Waals surface area (Å²) >= 11 is 0. The van der Waals surface area contributed by atoms with Crippen LogP contribution in [0.5, 0.6) is 11.5 Å². The monoisotopic (exact) mass is 536 g/mol. The Balaban J connectivity index is 0.000000826. The van der Waals surface area contributed by atoms with Crippen molar-refractivity contribution in [3.63, 3.8) is 0 Å². The number of carbonyl (C=O) groups is 1. The quantitative estimate of drug-likeness (QED) is 0.172. The molecule has 6 N–H and O–H groups in total. The first-order valence-electron chi connectivity index (χ1n) is 11.6. The zero-order valence-corrected chi connectivity index (χ0v) is 20.9. The van der Waals surface area contributed by atoms with E-state index in [-0.39, 0.29) is 23.2 Å². The molecule has 13 nitrogen and oxygen atoms in total. The van der Waals surface area contributed by atoms with Crippen molar-refractivity contribution < 1.29 is 23.8 Å². The number of anilines is 1. The molecule has 0 fully saturated rings. The third-order valence-electron chi connectivity index (χ3n) is 5.59. The summed E-state index contributed by atoms with van der Waals surface area (Å²) in [6, 6.07) is 8.94. The van der Waals surface area contributed by atoms with Gasteiger partial charge in [0, 0.05) is 48.1 Å². The van der Waals surface area contributed by atoms with Crippen molar-refractivity contribution >= 4 is 17.5 Å². The number of H-pyrrole nitrogens is 1. The van der Waals surface area contributed by atoms with Crippen LogP contribution in [0.25, 0.3) is 5.95 Å². The second-order valence-electron chi connectivity index (χ2n) is 8.25. The second-order valence-corrected chi connectivity index (χ2v) is 8.25. The maximum Gasteiger partial charge on any atom is 0.350 e. The van der Waals surface area contributed by atoms with Crippen LogP contribution < -0.4 is 26.2 Å². The molecule has 0 saturated carbocycles. The standard InChI is InChI=1S/C23H21FN8O3.C2H4O2/c1-34-16-11-15(17(24)14-7-10-35-19(14)16)18(29-13-5-3-12(4-6-13)20(25)26)21-30-23(33)32(31-21)22-27-8-2-9-28-22;1-2(3)4/h2-6,8-9,11,18,29H,7,10H2,1H3,(H3,25,26)(H,30,31,33);1H3,(H,3,4)/t18-;/m0./s1. The van der Waals surface area contributed by atoms with Crippen molar-refractivity contribution in [2.45, 2.75) is 19.4 Å². The van der Waals surface area contributed by atoms with E-state index in [1.807, 2.05) is 0 Å². The van der Waals surface area contributed by atoms with Gasteiger partial charge in [0.2, 0.25) is 0 Å². The van der Waals surface area contributed by atoms with Gasteiger partial charge in [-0.2, -0.15) is 0 Å². The fourth-order valence-corrected chi connectivity index (χ4v) is 3.90. The number of nitrogen functional groups attached to an aromatic ring is 1. The molecule has 39 heavy (non-hydrogen) atoms. The fourth-order valence-electron chi connectivity index (χ4n) is 3.90. The Morgan fingerprint density at radius 3 is 2.59 bits per heavy atom. The first kappa shape index (κ1) is 26.8. The second kappa shape index (κ2) is 11.4. The van der Waals surface area contributed by atoms with Crippen LogP contribution >= 0.6 is 0 Å². The molecule has 0 spiro atoms. The Labute approximate surface area is 221 Å². The van der Waals surface area contributed by atoms with E-state index in [2.05, 4.69) is 25.4 Å². The van der Waals surface area contributed by atoms with Crippen LogP contribution in [0.15, 0.2) is 53.6 Å². The van der Waals surface area contributed by atoms with Gasteiger partial charge in [-0.15, -0.1) is 9.78 Å². The number of fused-ring (bicyclic) bond motifs is 1. The van der Waals surface area contributed by atoms with Gasteiger partial charge in [0.25, 0.3) is 11.9 Å². The lowest BCUT2D eigenvalue weighted by atomic mass is 9.99. The van der Waals surface area contributed by atoms with Crippen molar-refractivity contribution in [3.05, 3.63) is 87.6 Å². The summed E-state index contributed by atoms with van der Waals surface area (Å²) in [5, 5.41) is 22.6. The van der Waals surface area contributed by atoms with E-state index in [1.165, 1.54) is 25.6 Å². The molecule has 1 atom stereocenters. The molecule has 3 heterocycles. The minimum atomic E-state index is -0.921. The normalized spacial score (nSPS) is 12.4. The lowest BCUT2D eigenvalue weighted by Crippen LogP contribution is -2.18. The lowest BCUT2D eigenvalue weighted by molar-refractivity contribution is -0.134. The van der Waals surface area contributed by atoms with Gasteiger partial charge in [0.1, 0.15) is 17.7 Å². The van der Waals surface area contributed by atoms with Crippen LogP contribution in [0.2, 0.25) is 0 Å². The SMILES string of the molecule is CC(=O)O.COc1cc([C@H](Nc2ccc(C(=N)N)cc2)c2nn(-c3ncccn3)c(=O)[nH]2)c(F)c2c1OCC2. The summed E-state index contributed by atoms with van der Waals surface area (Å²) < 4.78 is 27.8.